The van der Waals surface area contributed by atoms with Crippen LogP contribution in [-0.4, -0.2) is 22.2 Å². The van der Waals surface area contributed by atoms with Crippen molar-refractivity contribution in [1.82, 2.24) is 3.97 Å². The van der Waals surface area contributed by atoms with Crippen molar-refractivity contribution in [2.24, 2.45) is 4.99 Å². The molecule has 1 unspecified atom stereocenters. The van der Waals surface area contributed by atoms with Gasteiger partial charge in [0, 0.05) is 22.9 Å². The van der Waals surface area contributed by atoms with Gasteiger partial charge in [0.25, 0.3) is 10.0 Å². The van der Waals surface area contributed by atoms with Crippen molar-refractivity contribution in [1.29, 1.82) is 0 Å². The summed E-state index contributed by atoms with van der Waals surface area (Å²) in [6.07, 6.45) is 7.06. The second-order valence-electron chi connectivity index (χ2n) is 6.94. The van der Waals surface area contributed by atoms with Crippen LogP contribution in [0.2, 0.25) is 0 Å². The average molecular weight is 442 g/mol. The summed E-state index contributed by atoms with van der Waals surface area (Å²) in [7, 11) is -3.96. The Kier molecular flexibility index (Phi) is 4.83. The van der Waals surface area contributed by atoms with E-state index in [4.69, 9.17) is 11.6 Å². The minimum Gasteiger partial charge on any atom is -0.259 e. The Hall–Kier alpha value is -3.23. The third-order valence-electron chi connectivity index (χ3n) is 4.66. The van der Waals surface area contributed by atoms with E-state index in [1.807, 2.05) is 0 Å². The Bertz CT molecular complexity index is 1450. The van der Waals surface area contributed by atoms with E-state index in [-0.39, 0.29) is 10.4 Å². The summed E-state index contributed by atoms with van der Waals surface area (Å²) in [5.74, 6) is 0. The van der Waals surface area contributed by atoms with E-state index >= 15 is 0 Å². The number of allylic oxidation sites excluding steroid dienone is 1. The summed E-state index contributed by atoms with van der Waals surface area (Å²) >= 11 is 6.52. The largest absolute Gasteiger partial charge is 0.269 e. The molecule has 0 amide bonds. The fourth-order valence-electron chi connectivity index (χ4n) is 3.33. The third kappa shape index (κ3) is 3.55. The first-order chi connectivity index (χ1) is 14.2. The predicted molar refractivity (Wildman–Crippen MR) is 116 cm³/mol. The molecule has 0 spiro atoms. The molecule has 4 rings (SSSR count). The van der Waals surface area contributed by atoms with Crippen molar-refractivity contribution in [3.63, 3.8) is 0 Å². The van der Waals surface area contributed by atoms with Crippen LogP contribution in [0.4, 0.5) is 0 Å². The van der Waals surface area contributed by atoms with E-state index in [2.05, 4.69) is 4.99 Å². The smallest absolute Gasteiger partial charge is 0.259 e. The molecule has 3 aromatic rings. The molecule has 30 heavy (non-hydrogen) atoms. The molecule has 0 fully saturated rings. The Balaban J connectivity index is 2.13. The lowest BCUT2D eigenvalue weighted by Crippen LogP contribution is -2.34. The highest BCUT2D eigenvalue weighted by molar-refractivity contribution is 7.90. The second-order valence-corrected chi connectivity index (χ2v) is 9.54. The van der Waals surface area contributed by atoms with E-state index in [1.165, 1.54) is 28.4 Å². The summed E-state index contributed by atoms with van der Waals surface area (Å²) < 4.78 is 28.2. The maximum Gasteiger partial charge on any atom is 0.269 e. The average Bonchev–Trinajstić information content (AvgIpc) is 2.90. The summed E-state index contributed by atoms with van der Waals surface area (Å²) in [6.45, 7) is 1.76. The molecular formula is C21H16ClN3O4S. The monoisotopic (exact) mass is 441 g/mol. The van der Waals surface area contributed by atoms with Crippen LogP contribution in [0, 0.1) is 10.1 Å². The van der Waals surface area contributed by atoms with E-state index < -0.39 is 19.8 Å². The van der Waals surface area contributed by atoms with Crippen molar-refractivity contribution >= 4 is 44.7 Å². The van der Waals surface area contributed by atoms with Gasteiger partial charge in [0.05, 0.1) is 20.2 Å². The first-order valence-electron chi connectivity index (χ1n) is 8.93. The van der Waals surface area contributed by atoms with Crippen LogP contribution in [0.15, 0.2) is 76.9 Å². The van der Waals surface area contributed by atoms with Crippen LogP contribution in [0.25, 0.3) is 23.1 Å². The molecule has 1 aliphatic rings. The van der Waals surface area contributed by atoms with E-state index in [0.29, 0.717) is 21.7 Å². The Morgan fingerprint density at radius 2 is 1.93 bits per heavy atom. The number of fused-ring (bicyclic) bond motifs is 3. The van der Waals surface area contributed by atoms with E-state index in [9.17, 15) is 18.5 Å². The molecule has 1 atom stereocenters. The molecule has 0 radical (unpaired) electrons. The number of nitro groups is 1. The van der Waals surface area contributed by atoms with Crippen LogP contribution in [0.5, 0.6) is 0 Å². The van der Waals surface area contributed by atoms with Crippen LogP contribution < -0.4 is 10.7 Å². The number of nitrogens with zero attached hydrogens (tertiary/aromatic N) is 3. The topological polar surface area (TPSA) is 94.6 Å². The van der Waals surface area contributed by atoms with Crippen molar-refractivity contribution in [3.05, 3.63) is 93.4 Å². The quantitative estimate of drug-likeness (QED) is 0.353. The molecule has 0 N–H and O–H groups in total. The zero-order valence-electron chi connectivity index (χ0n) is 15.8. The lowest BCUT2D eigenvalue weighted by Gasteiger charge is -2.09. The van der Waals surface area contributed by atoms with Crippen LogP contribution in [0.1, 0.15) is 12.5 Å². The molecule has 1 aliphatic heterocycles. The highest BCUT2D eigenvalue weighted by Gasteiger charge is 2.25. The van der Waals surface area contributed by atoms with E-state index in [1.54, 1.807) is 55.5 Å². The number of halogens is 1. The Morgan fingerprint density at radius 1 is 1.20 bits per heavy atom. The molecule has 9 heteroatoms. The first-order valence-corrected chi connectivity index (χ1v) is 10.7. The SMILES string of the molecule is CC1(Cl)C=CN=c2c(c3cc(/C=C/[N+](=O)[O-])ccc3n2S(=O)(=O)c2ccccc2)=C1. The van der Waals surface area contributed by atoms with Crippen molar-refractivity contribution in [2.75, 3.05) is 0 Å². The number of benzene rings is 2. The maximum atomic E-state index is 13.5. The minimum absolute atomic E-state index is 0.124. The van der Waals surface area contributed by atoms with Crippen molar-refractivity contribution in [2.45, 2.75) is 16.7 Å². The molecule has 1 aromatic heterocycles. The molecule has 2 aromatic carbocycles. The van der Waals surface area contributed by atoms with Gasteiger partial charge in [0.2, 0.25) is 6.20 Å². The number of alkyl halides is 1. The zero-order valence-corrected chi connectivity index (χ0v) is 17.3. The van der Waals surface area contributed by atoms with Gasteiger partial charge in [-0.05, 0) is 48.9 Å². The number of aromatic nitrogens is 1. The third-order valence-corrected chi connectivity index (χ3v) is 6.61. The Labute approximate surface area is 177 Å². The summed E-state index contributed by atoms with van der Waals surface area (Å²) in [6, 6.07) is 13.0. The van der Waals surface area contributed by atoms with Crippen molar-refractivity contribution in [3.8, 4) is 0 Å². The van der Waals surface area contributed by atoms with Crippen molar-refractivity contribution < 1.29 is 13.3 Å². The van der Waals surface area contributed by atoms with Gasteiger partial charge < -0.3 is 0 Å². The molecule has 7 nitrogen and oxygen atoms in total. The molecule has 0 bridgehead atoms. The molecule has 0 saturated carbocycles. The molecule has 152 valence electrons. The normalized spacial score (nSPS) is 18.6. The predicted octanol–water partition coefficient (Wildman–Crippen LogP) is 3.05. The Morgan fingerprint density at radius 3 is 2.63 bits per heavy atom. The second kappa shape index (κ2) is 7.23. The van der Waals surface area contributed by atoms with Gasteiger partial charge in [-0.15, -0.1) is 11.6 Å². The molecule has 2 heterocycles. The van der Waals surface area contributed by atoms with Gasteiger partial charge in [0.15, 0.2) is 5.49 Å². The van der Waals surface area contributed by atoms with Crippen LogP contribution in [0.3, 0.4) is 0 Å². The van der Waals surface area contributed by atoms with Gasteiger partial charge >= 0.3 is 0 Å². The summed E-state index contributed by atoms with van der Waals surface area (Å²) in [4.78, 5) is 13.7. The summed E-state index contributed by atoms with van der Waals surface area (Å²) in [5, 5.41) is 11.8. The highest BCUT2D eigenvalue weighted by atomic mass is 35.5. The molecular weight excluding hydrogens is 426 g/mol. The lowest BCUT2D eigenvalue weighted by atomic mass is 10.1. The number of hydrogen-bond donors (Lipinski definition) is 0. The fraction of sp³-hybridized carbons (Fsp3) is 0.0952. The number of hydrogen-bond acceptors (Lipinski definition) is 5. The van der Waals surface area contributed by atoms with E-state index in [0.717, 1.165) is 6.20 Å². The minimum atomic E-state index is -3.96. The summed E-state index contributed by atoms with van der Waals surface area (Å²) in [5.41, 5.74) is 1.19. The van der Waals surface area contributed by atoms with Crippen LogP contribution in [-0.2, 0) is 10.0 Å². The van der Waals surface area contributed by atoms with Gasteiger partial charge in [-0.1, -0.05) is 24.3 Å². The molecule has 0 aliphatic carbocycles. The zero-order chi connectivity index (χ0) is 21.5. The highest BCUT2D eigenvalue weighted by Crippen LogP contribution is 2.23. The first kappa shape index (κ1) is 20.1. The van der Waals surface area contributed by atoms with Gasteiger partial charge in [0.1, 0.15) is 0 Å². The standard InChI is InChI=1S/C21H16ClN3O4S/c1-21(22)10-11-23-20-18(14-21)17-13-15(9-12-24(26)27)7-8-19(17)25(20)30(28,29)16-5-3-2-4-6-16/h2-14H,1H3/b12-9+. The van der Waals surface area contributed by atoms with Crippen LogP contribution >= 0.6 is 11.6 Å². The fourth-order valence-corrected chi connectivity index (χ4v) is 5.00. The molecule has 0 saturated heterocycles. The maximum absolute atomic E-state index is 13.5. The van der Waals surface area contributed by atoms with Gasteiger partial charge in [-0.25, -0.2) is 17.4 Å². The van der Waals surface area contributed by atoms with Gasteiger partial charge in [-0.3, -0.25) is 10.1 Å². The number of rotatable bonds is 4. The van der Waals surface area contributed by atoms with Gasteiger partial charge in [-0.2, -0.15) is 0 Å². The lowest BCUT2D eigenvalue weighted by molar-refractivity contribution is -0.400.